The van der Waals surface area contributed by atoms with Crippen LogP contribution < -0.4 is 10.4 Å². The van der Waals surface area contributed by atoms with Gasteiger partial charge in [0.15, 0.2) is 6.61 Å². The molecule has 1 aliphatic carbocycles. The van der Waals surface area contributed by atoms with Gasteiger partial charge >= 0.3 is 5.63 Å². The Bertz CT molecular complexity index is 1040. The van der Waals surface area contributed by atoms with E-state index in [1.807, 2.05) is 19.2 Å². The van der Waals surface area contributed by atoms with E-state index in [-0.39, 0.29) is 18.6 Å². The minimum Gasteiger partial charge on any atom is -0.484 e. The fraction of sp³-hybridized carbons (Fsp3) is 0.273. The Morgan fingerprint density at radius 3 is 2.89 bits per heavy atom. The van der Waals surface area contributed by atoms with E-state index in [0.717, 1.165) is 24.6 Å². The largest absolute Gasteiger partial charge is 0.484 e. The molecule has 0 radical (unpaired) electrons. The van der Waals surface area contributed by atoms with Crippen LogP contribution in [0.25, 0.3) is 11.0 Å². The number of hydrogen-bond donors (Lipinski definition) is 0. The van der Waals surface area contributed by atoms with Gasteiger partial charge in [-0.05, 0) is 48.6 Å². The Labute approximate surface area is 157 Å². The quantitative estimate of drug-likeness (QED) is 0.663. The zero-order chi connectivity index (χ0) is 18.8. The molecule has 0 aliphatic heterocycles. The average molecular weight is 363 g/mol. The van der Waals surface area contributed by atoms with Gasteiger partial charge in [-0.1, -0.05) is 24.3 Å². The number of fused-ring (bicyclic) bond motifs is 2. The van der Waals surface area contributed by atoms with Crippen molar-refractivity contribution in [1.29, 1.82) is 0 Å². The van der Waals surface area contributed by atoms with Crippen molar-refractivity contribution in [3.8, 4) is 5.75 Å². The molecule has 4 rings (SSSR count). The molecule has 3 aromatic rings. The zero-order valence-corrected chi connectivity index (χ0v) is 15.2. The molecule has 0 fully saturated rings. The third kappa shape index (κ3) is 3.58. The summed E-state index contributed by atoms with van der Waals surface area (Å²) in [5.41, 5.74) is 2.58. The van der Waals surface area contributed by atoms with Crippen LogP contribution in [0.15, 0.2) is 63.8 Å². The Balaban J connectivity index is 1.46. The van der Waals surface area contributed by atoms with E-state index in [4.69, 9.17) is 9.15 Å². The maximum atomic E-state index is 12.7. The van der Waals surface area contributed by atoms with Gasteiger partial charge in [-0.25, -0.2) is 4.79 Å². The number of amides is 1. The number of benzene rings is 2. The van der Waals surface area contributed by atoms with E-state index < -0.39 is 5.63 Å². The Hall–Kier alpha value is -3.08. The molecule has 1 atom stereocenters. The summed E-state index contributed by atoms with van der Waals surface area (Å²) in [4.78, 5) is 25.8. The van der Waals surface area contributed by atoms with Crippen LogP contribution in [0, 0.1) is 0 Å². The van der Waals surface area contributed by atoms with Crippen molar-refractivity contribution in [2.45, 2.75) is 25.3 Å². The summed E-state index contributed by atoms with van der Waals surface area (Å²) in [5, 5.41) is 0.809. The first-order valence-electron chi connectivity index (χ1n) is 9.12. The number of likely N-dealkylation sites (N-methyl/N-ethyl adjacent to an activating group) is 1. The van der Waals surface area contributed by atoms with Crippen LogP contribution in [0.3, 0.4) is 0 Å². The summed E-state index contributed by atoms with van der Waals surface area (Å²) in [5.74, 6) is 0.425. The second-order valence-electron chi connectivity index (χ2n) is 6.85. The molecule has 0 N–H and O–H groups in total. The van der Waals surface area contributed by atoms with Gasteiger partial charge in [0.05, 0.1) is 6.04 Å². The van der Waals surface area contributed by atoms with E-state index in [0.29, 0.717) is 11.3 Å². The van der Waals surface area contributed by atoms with E-state index in [1.54, 1.807) is 29.2 Å². The van der Waals surface area contributed by atoms with E-state index >= 15 is 0 Å². The second-order valence-corrected chi connectivity index (χ2v) is 6.85. The second kappa shape index (κ2) is 7.27. The average Bonchev–Trinajstić information content (AvgIpc) is 2.70. The molecule has 1 unspecified atom stereocenters. The van der Waals surface area contributed by atoms with Crippen molar-refractivity contribution in [1.82, 2.24) is 4.90 Å². The maximum Gasteiger partial charge on any atom is 0.336 e. The van der Waals surface area contributed by atoms with Gasteiger partial charge < -0.3 is 14.1 Å². The lowest BCUT2D eigenvalue weighted by Crippen LogP contribution is -2.36. The van der Waals surface area contributed by atoms with Gasteiger partial charge in [0.25, 0.3) is 5.91 Å². The van der Waals surface area contributed by atoms with Crippen molar-refractivity contribution < 1.29 is 13.9 Å². The molecule has 5 heteroatoms. The highest BCUT2D eigenvalue weighted by Crippen LogP contribution is 2.33. The van der Waals surface area contributed by atoms with Crippen molar-refractivity contribution in [3.63, 3.8) is 0 Å². The Morgan fingerprint density at radius 2 is 2.00 bits per heavy atom. The molecule has 1 amide bonds. The van der Waals surface area contributed by atoms with Crippen LogP contribution in [0.5, 0.6) is 5.75 Å². The van der Waals surface area contributed by atoms with Gasteiger partial charge in [0.1, 0.15) is 11.3 Å². The highest BCUT2D eigenvalue weighted by Gasteiger charge is 2.26. The van der Waals surface area contributed by atoms with Crippen LogP contribution in [0.4, 0.5) is 0 Å². The molecule has 0 bridgehead atoms. The maximum absolute atomic E-state index is 12.7. The Kier molecular flexibility index (Phi) is 4.67. The van der Waals surface area contributed by atoms with Crippen LogP contribution in [-0.4, -0.2) is 24.5 Å². The molecule has 138 valence electrons. The van der Waals surface area contributed by atoms with Crippen LogP contribution in [-0.2, 0) is 11.2 Å². The highest BCUT2D eigenvalue weighted by molar-refractivity contribution is 5.79. The third-order valence-corrected chi connectivity index (χ3v) is 5.16. The summed E-state index contributed by atoms with van der Waals surface area (Å²) >= 11 is 0. The van der Waals surface area contributed by atoms with Crippen molar-refractivity contribution >= 4 is 16.9 Å². The predicted octanol–water partition coefficient (Wildman–Crippen LogP) is 3.71. The lowest BCUT2D eigenvalue weighted by Gasteiger charge is -2.33. The number of rotatable bonds is 4. The number of hydrogen-bond acceptors (Lipinski definition) is 4. The van der Waals surface area contributed by atoms with E-state index in [1.165, 1.54) is 17.2 Å². The fourth-order valence-corrected chi connectivity index (χ4v) is 3.68. The van der Waals surface area contributed by atoms with E-state index in [9.17, 15) is 9.59 Å². The van der Waals surface area contributed by atoms with Crippen molar-refractivity contribution in [2.24, 2.45) is 0 Å². The lowest BCUT2D eigenvalue weighted by atomic mass is 9.87. The summed E-state index contributed by atoms with van der Waals surface area (Å²) in [6.07, 6.45) is 3.09. The number of ether oxygens (including phenoxy) is 1. The Morgan fingerprint density at radius 1 is 1.19 bits per heavy atom. The molecule has 0 spiro atoms. The van der Waals surface area contributed by atoms with Crippen LogP contribution in [0.2, 0.25) is 0 Å². The van der Waals surface area contributed by atoms with Crippen molar-refractivity contribution in [3.05, 3.63) is 76.1 Å². The smallest absolute Gasteiger partial charge is 0.336 e. The first-order valence-corrected chi connectivity index (χ1v) is 9.12. The highest BCUT2D eigenvalue weighted by atomic mass is 16.5. The number of nitrogens with zero attached hydrogens (tertiary/aromatic N) is 1. The summed E-state index contributed by atoms with van der Waals surface area (Å²) in [6.45, 7) is -0.0578. The fourth-order valence-electron chi connectivity index (χ4n) is 3.68. The summed E-state index contributed by atoms with van der Waals surface area (Å²) in [6, 6.07) is 16.7. The molecule has 1 aliphatic rings. The van der Waals surface area contributed by atoms with Gasteiger partial charge in [-0.15, -0.1) is 0 Å². The summed E-state index contributed by atoms with van der Waals surface area (Å²) in [7, 11) is 1.83. The molecule has 27 heavy (non-hydrogen) atoms. The number of carbonyl (C=O) groups excluding carboxylic acids is 1. The molecule has 2 aromatic carbocycles. The lowest BCUT2D eigenvalue weighted by molar-refractivity contribution is -0.134. The normalized spacial score (nSPS) is 16.0. The van der Waals surface area contributed by atoms with Crippen molar-refractivity contribution in [2.75, 3.05) is 13.7 Å². The molecular weight excluding hydrogens is 342 g/mol. The third-order valence-electron chi connectivity index (χ3n) is 5.16. The van der Waals surface area contributed by atoms with Gasteiger partial charge in [0.2, 0.25) is 0 Å². The number of carbonyl (C=O) groups is 1. The van der Waals surface area contributed by atoms with E-state index in [2.05, 4.69) is 12.1 Å². The minimum absolute atomic E-state index is 0.0578. The van der Waals surface area contributed by atoms with Gasteiger partial charge in [-0.3, -0.25) is 4.79 Å². The minimum atomic E-state index is -0.411. The predicted molar refractivity (Wildman–Crippen MR) is 103 cm³/mol. The monoisotopic (exact) mass is 363 g/mol. The molecule has 0 saturated heterocycles. The van der Waals surface area contributed by atoms with Crippen LogP contribution in [0.1, 0.15) is 30.0 Å². The summed E-state index contributed by atoms with van der Waals surface area (Å²) < 4.78 is 10.8. The number of aryl methyl sites for hydroxylation is 1. The topological polar surface area (TPSA) is 59.8 Å². The molecule has 5 nitrogen and oxygen atoms in total. The first-order chi connectivity index (χ1) is 13.1. The molecule has 0 saturated carbocycles. The standard InChI is InChI=1S/C22H21NO4/c1-23(19-8-4-6-15-5-2-3-7-18(15)19)21(24)14-26-17-11-9-16-10-12-22(25)27-20(16)13-17/h2-3,5,7,9-13,19H,4,6,8,14H2,1H3. The molecule has 1 heterocycles. The molecular formula is C22H21NO4. The van der Waals surface area contributed by atoms with Gasteiger partial charge in [0, 0.05) is 24.6 Å². The SMILES string of the molecule is CN(C(=O)COc1ccc2ccc(=O)oc2c1)C1CCCc2ccccc21. The van der Waals surface area contributed by atoms with Crippen LogP contribution >= 0.6 is 0 Å². The first kappa shape index (κ1) is 17.3. The zero-order valence-electron chi connectivity index (χ0n) is 15.2. The van der Waals surface area contributed by atoms with Gasteiger partial charge in [-0.2, -0.15) is 0 Å². The molecule has 1 aromatic heterocycles.